The van der Waals surface area contributed by atoms with Crippen LogP contribution in [0.2, 0.25) is 0 Å². The summed E-state index contributed by atoms with van der Waals surface area (Å²) in [6, 6.07) is 11.0. The van der Waals surface area contributed by atoms with Crippen molar-refractivity contribution in [3.8, 4) is 0 Å². The monoisotopic (exact) mass is 365 g/mol. The van der Waals surface area contributed by atoms with Crippen molar-refractivity contribution in [3.05, 3.63) is 65.5 Å². The lowest BCUT2D eigenvalue weighted by molar-refractivity contribution is -0.124. The Kier molecular flexibility index (Phi) is 5.87. The molecule has 0 saturated heterocycles. The molecule has 0 aliphatic heterocycles. The molecule has 0 aliphatic rings. The highest BCUT2D eigenvalue weighted by Crippen LogP contribution is 2.12. The van der Waals surface area contributed by atoms with Crippen LogP contribution in [-0.2, 0) is 25.9 Å². The standard InChI is InChI=1S/C17H16FNO5S/c1-25(22,23)15-4-2-3-13(9-15)17(21)24-11-16(20)19-10-12-5-7-14(18)8-6-12/h2-9H,10-11H2,1H3,(H,19,20). The number of sulfone groups is 1. The first-order chi connectivity index (χ1) is 11.8. The van der Waals surface area contributed by atoms with Crippen LogP contribution in [0.3, 0.4) is 0 Å². The Balaban J connectivity index is 1.87. The Morgan fingerprint density at radius 1 is 1.12 bits per heavy atom. The largest absolute Gasteiger partial charge is 0.452 e. The molecule has 0 saturated carbocycles. The number of esters is 1. The number of ether oxygens (including phenoxy) is 1. The molecule has 1 amide bonds. The van der Waals surface area contributed by atoms with Gasteiger partial charge in [-0.3, -0.25) is 4.79 Å². The average molecular weight is 365 g/mol. The molecule has 2 aromatic carbocycles. The van der Waals surface area contributed by atoms with Crippen molar-refractivity contribution in [3.63, 3.8) is 0 Å². The summed E-state index contributed by atoms with van der Waals surface area (Å²) in [7, 11) is -3.45. The van der Waals surface area contributed by atoms with E-state index in [4.69, 9.17) is 4.74 Å². The third-order valence-corrected chi connectivity index (χ3v) is 4.35. The summed E-state index contributed by atoms with van der Waals surface area (Å²) >= 11 is 0. The average Bonchev–Trinajstić information content (AvgIpc) is 2.58. The van der Waals surface area contributed by atoms with Gasteiger partial charge in [-0.15, -0.1) is 0 Å². The van der Waals surface area contributed by atoms with E-state index in [1.54, 1.807) is 0 Å². The SMILES string of the molecule is CS(=O)(=O)c1cccc(C(=O)OCC(=O)NCc2ccc(F)cc2)c1. The van der Waals surface area contributed by atoms with Crippen molar-refractivity contribution in [1.82, 2.24) is 5.32 Å². The Bertz CT molecular complexity index is 878. The highest BCUT2D eigenvalue weighted by atomic mass is 32.2. The van der Waals surface area contributed by atoms with E-state index < -0.39 is 28.3 Å². The Morgan fingerprint density at radius 2 is 1.80 bits per heavy atom. The van der Waals surface area contributed by atoms with Crippen LogP contribution >= 0.6 is 0 Å². The molecule has 1 N–H and O–H groups in total. The van der Waals surface area contributed by atoms with E-state index in [0.29, 0.717) is 5.56 Å². The van der Waals surface area contributed by atoms with Gasteiger partial charge in [-0.05, 0) is 35.9 Å². The first kappa shape index (κ1) is 18.6. The number of carbonyl (C=O) groups excluding carboxylic acids is 2. The maximum atomic E-state index is 12.8. The minimum atomic E-state index is -3.45. The topological polar surface area (TPSA) is 89.5 Å². The van der Waals surface area contributed by atoms with Gasteiger partial charge >= 0.3 is 5.97 Å². The number of rotatable bonds is 6. The smallest absolute Gasteiger partial charge is 0.338 e. The maximum Gasteiger partial charge on any atom is 0.338 e. The Morgan fingerprint density at radius 3 is 2.44 bits per heavy atom. The van der Waals surface area contributed by atoms with E-state index in [1.807, 2.05) is 0 Å². The van der Waals surface area contributed by atoms with Gasteiger partial charge in [-0.2, -0.15) is 0 Å². The molecule has 0 radical (unpaired) electrons. The number of benzene rings is 2. The van der Waals surface area contributed by atoms with E-state index in [9.17, 15) is 22.4 Å². The van der Waals surface area contributed by atoms with Crippen molar-refractivity contribution in [2.75, 3.05) is 12.9 Å². The van der Waals surface area contributed by atoms with Crippen molar-refractivity contribution in [2.45, 2.75) is 11.4 Å². The van der Waals surface area contributed by atoms with E-state index >= 15 is 0 Å². The summed E-state index contributed by atoms with van der Waals surface area (Å²) in [5.41, 5.74) is 0.733. The van der Waals surface area contributed by atoms with Gasteiger partial charge in [0.25, 0.3) is 5.91 Å². The molecule has 132 valence electrons. The Hall–Kier alpha value is -2.74. The molecule has 0 heterocycles. The molecule has 0 atom stereocenters. The third kappa shape index (κ3) is 5.68. The van der Waals surface area contributed by atoms with Crippen LogP contribution in [0.5, 0.6) is 0 Å². The summed E-state index contributed by atoms with van der Waals surface area (Å²) in [5, 5.41) is 2.53. The lowest BCUT2D eigenvalue weighted by Crippen LogP contribution is -2.28. The van der Waals surface area contributed by atoms with Gasteiger partial charge < -0.3 is 10.1 Å². The molecule has 0 fully saturated rings. The number of nitrogens with one attached hydrogen (secondary N) is 1. The molecular formula is C17H16FNO5S. The fraction of sp³-hybridized carbons (Fsp3) is 0.176. The number of hydrogen-bond acceptors (Lipinski definition) is 5. The predicted molar refractivity (Wildman–Crippen MR) is 88.1 cm³/mol. The van der Waals surface area contributed by atoms with E-state index in [0.717, 1.165) is 6.26 Å². The Labute approximate surface area is 144 Å². The van der Waals surface area contributed by atoms with Crippen LogP contribution in [0, 0.1) is 5.82 Å². The zero-order valence-electron chi connectivity index (χ0n) is 13.4. The molecule has 8 heteroatoms. The normalized spacial score (nSPS) is 11.0. The molecule has 0 aliphatic carbocycles. The fourth-order valence-electron chi connectivity index (χ4n) is 1.92. The van der Waals surface area contributed by atoms with Crippen molar-refractivity contribution in [1.29, 1.82) is 0 Å². The number of amides is 1. The summed E-state index contributed by atoms with van der Waals surface area (Å²) in [6.07, 6.45) is 1.03. The van der Waals surface area contributed by atoms with Crippen LogP contribution in [0.1, 0.15) is 15.9 Å². The molecule has 0 unspecified atom stereocenters. The second-order valence-corrected chi connectivity index (χ2v) is 7.30. The molecule has 0 aromatic heterocycles. The summed E-state index contributed by atoms with van der Waals surface area (Å²) in [4.78, 5) is 23.6. The van der Waals surface area contributed by atoms with Crippen LogP contribution in [-0.4, -0.2) is 33.2 Å². The van der Waals surface area contributed by atoms with Crippen molar-refractivity contribution in [2.24, 2.45) is 0 Å². The molecule has 2 aromatic rings. The first-order valence-electron chi connectivity index (χ1n) is 7.24. The lowest BCUT2D eigenvalue weighted by atomic mass is 10.2. The number of hydrogen-bond donors (Lipinski definition) is 1. The number of halogens is 1. The van der Waals surface area contributed by atoms with Crippen LogP contribution in [0.15, 0.2) is 53.4 Å². The minimum Gasteiger partial charge on any atom is -0.452 e. The van der Waals surface area contributed by atoms with Gasteiger partial charge in [0.15, 0.2) is 16.4 Å². The molecule has 0 spiro atoms. The van der Waals surface area contributed by atoms with Gasteiger partial charge in [0, 0.05) is 12.8 Å². The van der Waals surface area contributed by atoms with Gasteiger partial charge in [0.2, 0.25) is 0 Å². The first-order valence-corrected chi connectivity index (χ1v) is 9.13. The van der Waals surface area contributed by atoms with Crippen LogP contribution in [0.4, 0.5) is 4.39 Å². The second-order valence-electron chi connectivity index (χ2n) is 5.28. The highest BCUT2D eigenvalue weighted by molar-refractivity contribution is 7.90. The molecule has 25 heavy (non-hydrogen) atoms. The fourth-order valence-corrected chi connectivity index (χ4v) is 2.59. The zero-order valence-corrected chi connectivity index (χ0v) is 14.2. The van der Waals surface area contributed by atoms with Gasteiger partial charge in [-0.25, -0.2) is 17.6 Å². The zero-order chi connectivity index (χ0) is 18.4. The van der Waals surface area contributed by atoms with Gasteiger partial charge in [-0.1, -0.05) is 18.2 Å². The molecule has 0 bridgehead atoms. The van der Waals surface area contributed by atoms with Crippen molar-refractivity contribution >= 4 is 21.7 Å². The quantitative estimate of drug-likeness (QED) is 0.787. The minimum absolute atomic E-state index is 0.0114. The van der Waals surface area contributed by atoms with Gasteiger partial charge in [0.05, 0.1) is 10.5 Å². The van der Waals surface area contributed by atoms with Gasteiger partial charge in [0.1, 0.15) is 5.82 Å². The summed E-state index contributed by atoms with van der Waals surface area (Å²) < 4.78 is 40.6. The molecule has 6 nitrogen and oxygen atoms in total. The van der Waals surface area contributed by atoms with Crippen LogP contribution < -0.4 is 5.32 Å². The van der Waals surface area contributed by atoms with Crippen LogP contribution in [0.25, 0.3) is 0 Å². The second kappa shape index (κ2) is 7.89. The highest BCUT2D eigenvalue weighted by Gasteiger charge is 2.14. The van der Waals surface area contributed by atoms with E-state index in [1.165, 1.54) is 48.5 Å². The third-order valence-electron chi connectivity index (χ3n) is 3.24. The summed E-state index contributed by atoms with van der Waals surface area (Å²) in [6.45, 7) is -0.344. The van der Waals surface area contributed by atoms with E-state index in [-0.39, 0.29) is 22.8 Å². The van der Waals surface area contributed by atoms with E-state index in [2.05, 4.69) is 5.32 Å². The molecule has 2 rings (SSSR count). The molecular weight excluding hydrogens is 349 g/mol. The predicted octanol–water partition coefficient (Wildman–Crippen LogP) is 1.70. The summed E-state index contributed by atoms with van der Waals surface area (Å²) in [5.74, 6) is -1.71. The maximum absolute atomic E-state index is 12.8. The lowest BCUT2D eigenvalue weighted by Gasteiger charge is -2.07. The van der Waals surface area contributed by atoms with Crippen molar-refractivity contribution < 1.29 is 27.1 Å². The number of carbonyl (C=O) groups is 2.